The first-order valence-corrected chi connectivity index (χ1v) is 10.4. The molecule has 5 rings (SSSR count). The van der Waals surface area contributed by atoms with Crippen LogP contribution < -0.4 is 10.9 Å². The van der Waals surface area contributed by atoms with Gasteiger partial charge in [0.05, 0.1) is 23.7 Å². The van der Waals surface area contributed by atoms with Gasteiger partial charge in [-0.3, -0.25) is 9.36 Å². The Bertz CT molecular complexity index is 1190. The van der Waals surface area contributed by atoms with Gasteiger partial charge in [0.15, 0.2) is 5.65 Å². The molecule has 0 aliphatic carbocycles. The van der Waals surface area contributed by atoms with Gasteiger partial charge in [-0.15, -0.1) is 11.3 Å². The van der Waals surface area contributed by atoms with E-state index in [2.05, 4.69) is 20.3 Å². The van der Waals surface area contributed by atoms with Crippen LogP contribution in [0.3, 0.4) is 0 Å². The fraction of sp³-hybridized carbons (Fsp3) is 0.238. The van der Waals surface area contributed by atoms with Crippen molar-refractivity contribution in [2.45, 2.75) is 25.5 Å². The molecule has 3 aromatic heterocycles. The summed E-state index contributed by atoms with van der Waals surface area (Å²) in [7, 11) is 0. The number of hydrogen-bond donors (Lipinski definition) is 1. The quantitative estimate of drug-likeness (QED) is 0.543. The summed E-state index contributed by atoms with van der Waals surface area (Å²) in [4.78, 5) is 27.8. The molecule has 1 saturated heterocycles. The number of anilines is 2. The fourth-order valence-electron chi connectivity index (χ4n) is 3.48. The number of para-hydroxylation sites is 1. The Morgan fingerprint density at radius 1 is 1.17 bits per heavy atom. The van der Waals surface area contributed by atoms with Crippen LogP contribution in [0.4, 0.5) is 11.6 Å². The molecule has 29 heavy (non-hydrogen) atoms. The minimum absolute atomic E-state index is 0.00924. The second kappa shape index (κ2) is 7.73. The number of thiophene rings is 1. The van der Waals surface area contributed by atoms with Crippen molar-refractivity contribution >= 4 is 34.1 Å². The van der Waals surface area contributed by atoms with Crippen molar-refractivity contribution in [2.75, 3.05) is 11.9 Å². The van der Waals surface area contributed by atoms with Gasteiger partial charge in [0, 0.05) is 12.3 Å². The number of hydrogen-bond acceptors (Lipinski definition) is 7. The zero-order valence-electron chi connectivity index (χ0n) is 15.6. The maximum atomic E-state index is 13.3. The zero-order valence-corrected chi connectivity index (χ0v) is 16.4. The van der Waals surface area contributed by atoms with Crippen LogP contribution in [0.15, 0.2) is 58.8 Å². The smallest absolute Gasteiger partial charge is 0.279 e. The largest absolute Gasteiger partial charge is 0.376 e. The molecule has 8 heteroatoms. The lowest BCUT2D eigenvalue weighted by atomic mass is 10.2. The molecule has 0 amide bonds. The first-order valence-electron chi connectivity index (χ1n) is 9.53. The van der Waals surface area contributed by atoms with Crippen molar-refractivity contribution < 1.29 is 4.74 Å². The molecule has 0 saturated carbocycles. The van der Waals surface area contributed by atoms with Crippen LogP contribution in [-0.2, 0) is 11.3 Å². The third-order valence-electron chi connectivity index (χ3n) is 4.88. The van der Waals surface area contributed by atoms with Crippen LogP contribution in [0.5, 0.6) is 0 Å². The number of nitrogens with one attached hydrogen (secondary N) is 1. The predicted octanol–water partition coefficient (Wildman–Crippen LogP) is 3.84. The maximum Gasteiger partial charge on any atom is 0.279 e. The van der Waals surface area contributed by atoms with Crippen molar-refractivity contribution in [3.63, 3.8) is 0 Å². The van der Waals surface area contributed by atoms with Gasteiger partial charge in [-0.2, -0.15) is 4.98 Å². The van der Waals surface area contributed by atoms with Gasteiger partial charge in [-0.25, -0.2) is 9.97 Å². The predicted molar refractivity (Wildman–Crippen MR) is 114 cm³/mol. The molecule has 0 radical (unpaired) electrons. The van der Waals surface area contributed by atoms with Crippen LogP contribution in [0.2, 0.25) is 0 Å². The van der Waals surface area contributed by atoms with Crippen molar-refractivity contribution in [2.24, 2.45) is 0 Å². The lowest BCUT2D eigenvalue weighted by molar-refractivity contribution is 0.0971. The average molecular weight is 405 g/mol. The fourth-order valence-corrected chi connectivity index (χ4v) is 4.19. The van der Waals surface area contributed by atoms with E-state index in [-0.39, 0.29) is 11.7 Å². The maximum absolute atomic E-state index is 13.3. The van der Waals surface area contributed by atoms with Crippen LogP contribution in [0.25, 0.3) is 21.7 Å². The van der Waals surface area contributed by atoms with E-state index in [0.29, 0.717) is 29.4 Å². The highest BCUT2D eigenvalue weighted by Gasteiger charge is 2.21. The highest BCUT2D eigenvalue weighted by Crippen LogP contribution is 2.23. The molecule has 1 N–H and O–H groups in total. The Morgan fingerprint density at radius 3 is 2.83 bits per heavy atom. The third-order valence-corrected chi connectivity index (χ3v) is 5.76. The van der Waals surface area contributed by atoms with Crippen molar-refractivity contribution in [3.05, 3.63) is 64.4 Å². The molecular weight excluding hydrogens is 386 g/mol. The molecule has 0 spiro atoms. The number of nitrogens with zero attached hydrogens (tertiary/aromatic N) is 4. The van der Waals surface area contributed by atoms with Crippen LogP contribution in [-0.4, -0.2) is 32.2 Å². The van der Waals surface area contributed by atoms with Crippen molar-refractivity contribution in [1.82, 2.24) is 19.5 Å². The molecule has 0 unspecified atom stereocenters. The van der Waals surface area contributed by atoms with Gasteiger partial charge >= 0.3 is 0 Å². The van der Waals surface area contributed by atoms with E-state index in [4.69, 9.17) is 4.74 Å². The summed E-state index contributed by atoms with van der Waals surface area (Å²) in [6.07, 6.45) is 3.62. The van der Waals surface area contributed by atoms with Gasteiger partial charge in [-0.1, -0.05) is 24.3 Å². The van der Waals surface area contributed by atoms with E-state index in [0.717, 1.165) is 30.0 Å². The van der Waals surface area contributed by atoms with Gasteiger partial charge in [0.2, 0.25) is 5.95 Å². The highest BCUT2D eigenvalue weighted by atomic mass is 32.1. The van der Waals surface area contributed by atoms with Crippen LogP contribution >= 0.6 is 11.3 Å². The summed E-state index contributed by atoms with van der Waals surface area (Å²) in [5.41, 5.74) is 2.25. The summed E-state index contributed by atoms with van der Waals surface area (Å²) >= 11 is 1.49. The Balaban J connectivity index is 1.63. The highest BCUT2D eigenvalue weighted by molar-refractivity contribution is 7.13. The summed E-state index contributed by atoms with van der Waals surface area (Å²) in [5.74, 6) is 0.426. The summed E-state index contributed by atoms with van der Waals surface area (Å²) in [5, 5.41) is 5.12. The van der Waals surface area contributed by atoms with Gasteiger partial charge in [-0.05, 0) is 36.4 Å². The molecule has 1 aliphatic rings. The van der Waals surface area contributed by atoms with Gasteiger partial charge in [0.25, 0.3) is 5.56 Å². The second-order valence-corrected chi connectivity index (χ2v) is 7.83. The number of aromatic nitrogens is 4. The molecule has 0 bridgehead atoms. The van der Waals surface area contributed by atoms with E-state index in [1.807, 2.05) is 47.8 Å². The Kier molecular flexibility index (Phi) is 4.79. The Morgan fingerprint density at radius 2 is 2.07 bits per heavy atom. The summed E-state index contributed by atoms with van der Waals surface area (Å²) in [6, 6.07) is 13.5. The van der Waals surface area contributed by atoms with Crippen molar-refractivity contribution in [1.29, 1.82) is 0 Å². The lowest BCUT2D eigenvalue weighted by Gasteiger charge is -2.15. The second-order valence-electron chi connectivity index (χ2n) is 6.88. The zero-order chi connectivity index (χ0) is 19.6. The third kappa shape index (κ3) is 3.64. The molecule has 7 nitrogen and oxygen atoms in total. The van der Waals surface area contributed by atoms with E-state index >= 15 is 0 Å². The number of rotatable bonds is 5. The topological polar surface area (TPSA) is 81.9 Å². The van der Waals surface area contributed by atoms with Crippen LogP contribution in [0.1, 0.15) is 12.8 Å². The Hall–Kier alpha value is -3.10. The molecule has 1 aromatic carbocycles. The molecule has 4 aromatic rings. The van der Waals surface area contributed by atoms with Crippen molar-refractivity contribution in [3.8, 4) is 10.6 Å². The lowest BCUT2D eigenvalue weighted by Crippen LogP contribution is -2.29. The molecule has 4 heterocycles. The molecule has 146 valence electrons. The normalized spacial score (nSPS) is 16.3. The summed E-state index contributed by atoms with van der Waals surface area (Å²) in [6.45, 7) is 1.19. The monoisotopic (exact) mass is 405 g/mol. The first kappa shape index (κ1) is 18.0. The standard InChI is InChI=1S/C21H19N5O2S/c27-20-18(17-9-5-11-29-17)24-16-12-22-21(23-14-6-2-1-3-7-14)25-19(16)26(20)13-15-8-4-10-28-15/h1-3,5-7,9,11-12,15H,4,8,10,13H2,(H,22,23,25)/t15-/m1/s1. The first-order chi connectivity index (χ1) is 14.3. The van der Waals surface area contributed by atoms with E-state index < -0.39 is 0 Å². The SMILES string of the molecule is O=c1c(-c2cccs2)nc2cnc(Nc3ccccc3)nc2n1C[C@H]1CCCO1. The van der Waals surface area contributed by atoms with E-state index in [1.54, 1.807) is 10.8 Å². The van der Waals surface area contributed by atoms with E-state index in [9.17, 15) is 4.79 Å². The minimum Gasteiger partial charge on any atom is -0.376 e. The Labute approximate surface area is 171 Å². The van der Waals surface area contributed by atoms with Crippen LogP contribution in [0, 0.1) is 0 Å². The number of benzene rings is 1. The molecule has 1 aliphatic heterocycles. The van der Waals surface area contributed by atoms with Gasteiger partial charge in [0.1, 0.15) is 11.2 Å². The molecule has 1 fully saturated rings. The average Bonchev–Trinajstić information content (AvgIpc) is 3.45. The van der Waals surface area contributed by atoms with E-state index in [1.165, 1.54) is 11.3 Å². The number of ether oxygens (including phenoxy) is 1. The molecular formula is C21H19N5O2S. The minimum atomic E-state index is -0.153. The summed E-state index contributed by atoms with van der Waals surface area (Å²) < 4.78 is 7.47. The van der Waals surface area contributed by atoms with Gasteiger partial charge < -0.3 is 10.1 Å². The number of fused-ring (bicyclic) bond motifs is 1. The molecule has 1 atom stereocenters.